The molecule has 0 N–H and O–H groups in total. The third kappa shape index (κ3) is 2.97. The summed E-state index contributed by atoms with van der Waals surface area (Å²) >= 11 is 0. The van der Waals surface area contributed by atoms with E-state index in [-0.39, 0.29) is 6.79 Å². The summed E-state index contributed by atoms with van der Waals surface area (Å²) in [5, 5.41) is 0. The van der Waals surface area contributed by atoms with Crippen molar-refractivity contribution in [1.82, 2.24) is 0 Å². The fourth-order valence-corrected chi connectivity index (χ4v) is 2.06. The van der Waals surface area contributed by atoms with E-state index < -0.39 is 0 Å². The average Bonchev–Trinajstić information content (AvgIpc) is 3.00. The molecule has 110 valence electrons. The molecular formula is C16H16O5. The van der Waals surface area contributed by atoms with Gasteiger partial charge in [-0.1, -0.05) is 6.07 Å². The number of hydrogen-bond acceptors (Lipinski definition) is 5. The van der Waals surface area contributed by atoms with Gasteiger partial charge in [0.25, 0.3) is 0 Å². The van der Waals surface area contributed by atoms with E-state index in [4.69, 9.17) is 23.7 Å². The molecule has 1 heterocycles. The molecule has 0 saturated carbocycles. The summed E-state index contributed by atoms with van der Waals surface area (Å²) in [5.41, 5.74) is 1.00. The van der Waals surface area contributed by atoms with Gasteiger partial charge in [-0.3, -0.25) is 0 Å². The van der Waals surface area contributed by atoms with Crippen LogP contribution in [0.2, 0.25) is 0 Å². The van der Waals surface area contributed by atoms with Crippen LogP contribution < -0.4 is 23.7 Å². The van der Waals surface area contributed by atoms with E-state index in [0.29, 0.717) is 23.9 Å². The summed E-state index contributed by atoms with van der Waals surface area (Å²) in [4.78, 5) is 0. The predicted octanol–water partition coefficient (Wildman–Crippen LogP) is 3.01. The number of hydrogen-bond donors (Lipinski definition) is 0. The van der Waals surface area contributed by atoms with E-state index in [1.54, 1.807) is 20.3 Å². The van der Waals surface area contributed by atoms with Gasteiger partial charge in [-0.25, -0.2) is 0 Å². The monoisotopic (exact) mass is 288 g/mol. The quantitative estimate of drug-likeness (QED) is 0.846. The first-order chi connectivity index (χ1) is 10.3. The Hall–Kier alpha value is -2.56. The van der Waals surface area contributed by atoms with Gasteiger partial charge < -0.3 is 23.7 Å². The molecule has 0 aliphatic carbocycles. The van der Waals surface area contributed by atoms with Crippen LogP contribution in [-0.4, -0.2) is 21.0 Å². The Morgan fingerprint density at radius 3 is 2.24 bits per heavy atom. The molecule has 0 atom stereocenters. The van der Waals surface area contributed by atoms with Crippen molar-refractivity contribution in [3.8, 4) is 28.7 Å². The van der Waals surface area contributed by atoms with Gasteiger partial charge in [0.2, 0.25) is 6.79 Å². The zero-order chi connectivity index (χ0) is 14.7. The lowest BCUT2D eigenvalue weighted by atomic mass is 10.2. The van der Waals surface area contributed by atoms with Crippen LogP contribution in [0.15, 0.2) is 36.4 Å². The van der Waals surface area contributed by atoms with Crippen LogP contribution in [0.4, 0.5) is 0 Å². The van der Waals surface area contributed by atoms with Gasteiger partial charge in [-0.05, 0) is 17.7 Å². The molecular weight excluding hydrogens is 272 g/mol. The minimum atomic E-state index is 0.271. The van der Waals surface area contributed by atoms with E-state index in [2.05, 4.69) is 0 Å². The van der Waals surface area contributed by atoms with Crippen LogP contribution >= 0.6 is 0 Å². The van der Waals surface area contributed by atoms with Crippen LogP contribution in [0.3, 0.4) is 0 Å². The summed E-state index contributed by atoms with van der Waals surface area (Å²) < 4.78 is 26.8. The summed E-state index contributed by atoms with van der Waals surface area (Å²) in [6.45, 7) is 0.694. The number of rotatable bonds is 5. The zero-order valence-corrected chi connectivity index (χ0v) is 11.9. The Bertz CT molecular complexity index is 616. The maximum Gasteiger partial charge on any atom is 0.231 e. The second-order valence-corrected chi connectivity index (χ2v) is 4.52. The number of fused-ring (bicyclic) bond motifs is 1. The smallest absolute Gasteiger partial charge is 0.231 e. The largest absolute Gasteiger partial charge is 0.496 e. The van der Waals surface area contributed by atoms with Crippen molar-refractivity contribution >= 4 is 0 Å². The molecule has 1 aliphatic heterocycles. The SMILES string of the molecule is COc1cc(OC)cc(OCc2ccc3c(c2)OCO3)c1. The highest BCUT2D eigenvalue weighted by molar-refractivity contribution is 5.45. The topological polar surface area (TPSA) is 46.2 Å². The van der Waals surface area contributed by atoms with Crippen molar-refractivity contribution in [3.05, 3.63) is 42.0 Å². The van der Waals surface area contributed by atoms with Gasteiger partial charge in [0.15, 0.2) is 11.5 Å². The predicted molar refractivity (Wildman–Crippen MR) is 76.4 cm³/mol. The van der Waals surface area contributed by atoms with E-state index in [0.717, 1.165) is 17.1 Å². The van der Waals surface area contributed by atoms with Crippen molar-refractivity contribution in [3.63, 3.8) is 0 Å². The third-order valence-electron chi connectivity index (χ3n) is 3.17. The van der Waals surface area contributed by atoms with Gasteiger partial charge in [-0.2, -0.15) is 0 Å². The lowest BCUT2D eigenvalue weighted by Crippen LogP contribution is -1.97. The molecule has 0 bridgehead atoms. The van der Waals surface area contributed by atoms with Gasteiger partial charge in [0.05, 0.1) is 14.2 Å². The summed E-state index contributed by atoms with van der Waals surface area (Å²) in [7, 11) is 3.22. The Labute approximate surface area is 123 Å². The molecule has 21 heavy (non-hydrogen) atoms. The normalized spacial score (nSPS) is 12.1. The van der Waals surface area contributed by atoms with Crippen molar-refractivity contribution in [2.24, 2.45) is 0 Å². The Balaban J connectivity index is 1.72. The minimum absolute atomic E-state index is 0.271. The fraction of sp³-hybridized carbons (Fsp3) is 0.250. The van der Waals surface area contributed by atoms with Crippen molar-refractivity contribution in [2.75, 3.05) is 21.0 Å². The minimum Gasteiger partial charge on any atom is -0.496 e. The maximum atomic E-state index is 5.78. The van der Waals surface area contributed by atoms with E-state index in [1.165, 1.54) is 0 Å². The molecule has 0 saturated heterocycles. The van der Waals surface area contributed by atoms with Crippen molar-refractivity contribution in [2.45, 2.75) is 6.61 Å². The number of benzene rings is 2. The molecule has 0 aromatic heterocycles. The second kappa shape index (κ2) is 5.83. The molecule has 3 rings (SSSR count). The Morgan fingerprint density at radius 2 is 1.52 bits per heavy atom. The van der Waals surface area contributed by atoms with E-state index in [9.17, 15) is 0 Å². The van der Waals surface area contributed by atoms with Gasteiger partial charge in [0.1, 0.15) is 23.9 Å². The van der Waals surface area contributed by atoms with Crippen LogP contribution in [0.1, 0.15) is 5.56 Å². The molecule has 1 aliphatic rings. The highest BCUT2D eigenvalue weighted by Crippen LogP contribution is 2.33. The van der Waals surface area contributed by atoms with E-state index in [1.807, 2.05) is 30.3 Å². The molecule has 0 amide bonds. The van der Waals surface area contributed by atoms with Crippen molar-refractivity contribution < 1.29 is 23.7 Å². The van der Waals surface area contributed by atoms with Gasteiger partial charge in [0, 0.05) is 18.2 Å². The summed E-state index contributed by atoms with van der Waals surface area (Å²) in [5.74, 6) is 3.58. The van der Waals surface area contributed by atoms with Crippen LogP contribution in [0.25, 0.3) is 0 Å². The zero-order valence-electron chi connectivity index (χ0n) is 11.9. The van der Waals surface area contributed by atoms with Crippen LogP contribution in [0.5, 0.6) is 28.7 Å². The fourth-order valence-electron chi connectivity index (χ4n) is 2.06. The average molecular weight is 288 g/mol. The molecule has 0 radical (unpaired) electrons. The molecule has 2 aromatic rings. The summed E-state index contributed by atoms with van der Waals surface area (Å²) in [6.07, 6.45) is 0. The number of ether oxygens (including phenoxy) is 5. The molecule has 0 fully saturated rings. The van der Waals surface area contributed by atoms with Gasteiger partial charge >= 0.3 is 0 Å². The molecule has 5 heteroatoms. The molecule has 5 nitrogen and oxygen atoms in total. The highest BCUT2D eigenvalue weighted by Gasteiger charge is 2.13. The van der Waals surface area contributed by atoms with Gasteiger partial charge in [-0.15, -0.1) is 0 Å². The Kier molecular flexibility index (Phi) is 3.73. The van der Waals surface area contributed by atoms with Crippen molar-refractivity contribution in [1.29, 1.82) is 0 Å². The maximum absolute atomic E-state index is 5.78. The molecule has 0 spiro atoms. The second-order valence-electron chi connectivity index (χ2n) is 4.52. The first kappa shape index (κ1) is 13.4. The molecule has 2 aromatic carbocycles. The lowest BCUT2D eigenvalue weighted by molar-refractivity contribution is 0.174. The standard InChI is InChI=1S/C16H16O5/c1-17-12-6-13(18-2)8-14(7-12)19-9-11-3-4-15-16(5-11)21-10-20-15/h3-8H,9-10H2,1-2H3. The first-order valence-electron chi connectivity index (χ1n) is 6.53. The molecule has 0 unspecified atom stereocenters. The van der Waals surface area contributed by atoms with Crippen LogP contribution in [0, 0.1) is 0 Å². The summed E-state index contributed by atoms with van der Waals surface area (Å²) in [6, 6.07) is 11.2. The first-order valence-corrected chi connectivity index (χ1v) is 6.53. The Morgan fingerprint density at radius 1 is 0.857 bits per heavy atom. The highest BCUT2D eigenvalue weighted by atomic mass is 16.7. The van der Waals surface area contributed by atoms with Crippen LogP contribution in [-0.2, 0) is 6.61 Å². The number of methoxy groups -OCH3 is 2. The van der Waals surface area contributed by atoms with E-state index >= 15 is 0 Å². The third-order valence-corrected chi connectivity index (χ3v) is 3.17. The lowest BCUT2D eigenvalue weighted by Gasteiger charge is -2.10.